The van der Waals surface area contributed by atoms with Crippen molar-refractivity contribution in [1.29, 1.82) is 0 Å². The molecule has 0 aromatic carbocycles. The van der Waals surface area contributed by atoms with Crippen LogP contribution in [0, 0.1) is 12.3 Å². The van der Waals surface area contributed by atoms with Gasteiger partial charge in [-0.3, -0.25) is 0 Å². The van der Waals surface area contributed by atoms with E-state index in [4.69, 9.17) is 5.11 Å². The highest BCUT2D eigenvalue weighted by Crippen LogP contribution is 2.23. The van der Waals surface area contributed by atoms with Gasteiger partial charge in [0, 0.05) is 32.0 Å². The van der Waals surface area contributed by atoms with Crippen LogP contribution in [0.3, 0.4) is 0 Å². The summed E-state index contributed by atoms with van der Waals surface area (Å²) in [6, 6.07) is 0. The van der Waals surface area contributed by atoms with Crippen LogP contribution < -0.4 is 10.6 Å². The molecule has 0 unspecified atom stereocenters. The van der Waals surface area contributed by atoms with E-state index < -0.39 is 0 Å². The lowest BCUT2D eigenvalue weighted by Crippen LogP contribution is -2.24. The van der Waals surface area contributed by atoms with Crippen LogP contribution in [0.1, 0.15) is 32.3 Å². The molecule has 0 bridgehead atoms. The maximum absolute atomic E-state index is 8.88. The van der Waals surface area contributed by atoms with Crippen molar-refractivity contribution in [3.63, 3.8) is 0 Å². The minimum absolute atomic E-state index is 0.139. The van der Waals surface area contributed by atoms with Crippen molar-refractivity contribution in [2.24, 2.45) is 5.41 Å². The molecule has 18 heavy (non-hydrogen) atoms. The number of hydrogen-bond donors (Lipinski definition) is 3. The first-order valence-corrected chi connectivity index (χ1v) is 6.34. The van der Waals surface area contributed by atoms with Gasteiger partial charge >= 0.3 is 0 Å². The topological polar surface area (TPSA) is 70.1 Å². The highest BCUT2D eigenvalue weighted by Gasteiger charge is 2.17. The Balaban J connectivity index is 2.62. The first-order chi connectivity index (χ1) is 8.48. The van der Waals surface area contributed by atoms with Gasteiger partial charge in [0.05, 0.1) is 0 Å². The quantitative estimate of drug-likeness (QED) is 0.692. The van der Waals surface area contributed by atoms with Crippen LogP contribution >= 0.6 is 0 Å². The summed E-state index contributed by atoms with van der Waals surface area (Å²) in [4.78, 5) is 8.55. The summed E-state index contributed by atoms with van der Waals surface area (Å²) < 4.78 is 0. The molecule has 0 saturated carbocycles. The van der Waals surface area contributed by atoms with E-state index in [9.17, 15) is 0 Å². The molecule has 102 valence electrons. The summed E-state index contributed by atoms with van der Waals surface area (Å²) in [7, 11) is 1.81. The fraction of sp³-hybridized carbons (Fsp3) is 0.692. The summed E-state index contributed by atoms with van der Waals surface area (Å²) in [6.07, 6.45) is 3.63. The molecule has 0 fully saturated rings. The zero-order valence-electron chi connectivity index (χ0n) is 11.7. The molecule has 0 aliphatic carbocycles. The molecule has 1 rings (SSSR count). The van der Waals surface area contributed by atoms with E-state index in [0.717, 1.165) is 30.8 Å². The van der Waals surface area contributed by atoms with E-state index >= 15 is 0 Å². The highest BCUT2D eigenvalue weighted by atomic mass is 16.2. The predicted octanol–water partition coefficient (Wildman–Crippen LogP) is 2.04. The molecule has 0 atom stereocenters. The standard InChI is InChI=1S/C13H24N4O/c1-10-8-15-12(14-4)17-11(10)16-9-13(2,3)6-5-7-18/h8,18H,5-7,9H2,1-4H3,(H2,14,15,16,17). The lowest BCUT2D eigenvalue weighted by atomic mass is 9.88. The van der Waals surface area contributed by atoms with Gasteiger partial charge in [0.2, 0.25) is 5.95 Å². The third-order valence-corrected chi connectivity index (χ3v) is 2.94. The van der Waals surface area contributed by atoms with Crippen molar-refractivity contribution in [3.05, 3.63) is 11.8 Å². The van der Waals surface area contributed by atoms with Crippen LogP contribution in [0.4, 0.5) is 11.8 Å². The van der Waals surface area contributed by atoms with Crippen molar-refractivity contribution >= 4 is 11.8 Å². The van der Waals surface area contributed by atoms with Gasteiger partial charge < -0.3 is 15.7 Å². The third-order valence-electron chi connectivity index (χ3n) is 2.94. The molecule has 0 spiro atoms. The molecule has 5 nitrogen and oxygen atoms in total. The molecular formula is C13H24N4O. The Bertz CT molecular complexity index is 379. The maximum Gasteiger partial charge on any atom is 0.224 e. The van der Waals surface area contributed by atoms with Crippen LogP contribution in [-0.2, 0) is 0 Å². The lowest BCUT2D eigenvalue weighted by Gasteiger charge is -2.25. The van der Waals surface area contributed by atoms with Gasteiger partial charge in [0.1, 0.15) is 5.82 Å². The van der Waals surface area contributed by atoms with Gasteiger partial charge in [-0.05, 0) is 25.2 Å². The van der Waals surface area contributed by atoms with Gasteiger partial charge in [0.25, 0.3) is 0 Å². The number of aliphatic hydroxyl groups is 1. The van der Waals surface area contributed by atoms with Crippen LogP contribution in [-0.4, -0.2) is 35.3 Å². The number of nitrogens with one attached hydrogen (secondary N) is 2. The van der Waals surface area contributed by atoms with Crippen molar-refractivity contribution in [1.82, 2.24) is 9.97 Å². The Morgan fingerprint density at radius 2 is 2.11 bits per heavy atom. The number of rotatable bonds is 7. The molecule has 1 aromatic heterocycles. The first kappa shape index (κ1) is 14.7. The second-order valence-electron chi connectivity index (χ2n) is 5.32. The Labute approximate surface area is 109 Å². The van der Waals surface area contributed by atoms with Gasteiger partial charge in [-0.2, -0.15) is 4.98 Å². The number of aliphatic hydroxyl groups excluding tert-OH is 1. The highest BCUT2D eigenvalue weighted by molar-refractivity contribution is 5.46. The molecule has 0 amide bonds. The first-order valence-electron chi connectivity index (χ1n) is 6.34. The SMILES string of the molecule is CNc1ncc(C)c(NCC(C)(C)CCCO)n1. The van der Waals surface area contributed by atoms with E-state index in [1.165, 1.54) is 0 Å². The Morgan fingerprint density at radius 1 is 1.39 bits per heavy atom. The summed E-state index contributed by atoms with van der Waals surface area (Å²) >= 11 is 0. The smallest absolute Gasteiger partial charge is 0.224 e. The molecule has 1 heterocycles. The number of hydrogen-bond acceptors (Lipinski definition) is 5. The number of aryl methyl sites for hydroxylation is 1. The monoisotopic (exact) mass is 252 g/mol. The van der Waals surface area contributed by atoms with Crippen molar-refractivity contribution < 1.29 is 5.11 Å². The van der Waals surface area contributed by atoms with Crippen LogP contribution in [0.5, 0.6) is 0 Å². The lowest BCUT2D eigenvalue weighted by molar-refractivity contribution is 0.248. The molecule has 0 aliphatic heterocycles. The van der Waals surface area contributed by atoms with Gasteiger partial charge in [-0.1, -0.05) is 13.8 Å². The Kier molecular flexibility index (Phi) is 5.34. The second-order valence-corrected chi connectivity index (χ2v) is 5.32. The zero-order chi connectivity index (χ0) is 13.6. The fourth-order valence-corrected chi connectivity index (χ4v) is 1.71. The van der Waals surface area contributed by atoms with Crippen molar-refractivity contribution in [2.75, 3.05) is 30.8 Å². The number of anilines is 2. The summed E-state index contributed by atoms with van der Waals surface area (Å²) in [6.45, 7) is 7.44. The van der Waals surface area contributed by atoms with Crippen LogP contribution in [0.25, 0.3) is 0 Å². The van der Waals surface area contributed by atoms with E-state index in [1.807, 2.05) is 13.1 Å². The summed E-state index contributed by atoms with van der Waals surface area (Å²) in [5.41, 5.74) is 1.17. The molecular weight excluding hydrogens is 228 g/mol. The number of nitrogens with zero attached hydrogens (tertiary/aromatic N) is 2. The van der Waals surface area contributed by atoms with Gasteiger partial charge in [-0.25, -0.2) is 4.98 Å². The third kappa shape index (κ3) is 4.49. The fourth-order valence-electron chi connectivity index (χ4n) is 1.71. The van der Waals surface area contributed by atoms with Gasteiger partial charge in [0.15, 0.2) is 0 Å². The van der Waals surface area contributed by atoms with E-state index in [2.05, 4.69) is 34.4 Å². The van der Waals surface area contributed by atoms with E-state index in [-0.39, 0.29) is 12.0 Å². The molecule has 0 aliphatic rings. The summed E-state index contributed by atoms with van der Waals surface area (Å²) in [5.74, 6) is 1.49. The summed E-state index contributed by atoms with van der Waals surface area (Å²) in [5, 5.41) is 15.2. The Morgan fingerprint density at radius 3 is 2.72 bits per heavy atom. The second kappa shape index (κ2) is 6.54. The molecule has 5 heteroatoms. The maximum atomic E-state index is 8.88. The van der Waals surface area contributed by atoms with Crippen molar-refractivity contribution in [2.45, 2.75) is 33.6 Å². The van der Waals surface area contributed by atoms with Crippen molar-refractivity contribution in [3.8, 4) is 0 Å². The van der Waals surface area contributed by atoms with E-state index in [0.29, 0.717) is 5.95 Å². The molecule has 3 N–H and O–H groups in total. The van der Waals surface area contributed by atoms with E-state index in [1.54, 1.807) is 7.05 Å². The normalized spacial score (nSPS) is 11.4. The predicted molar refractivity (Wildman–Crippen MR) is 74.9 cm³/mol. The van der Waals surface area contributed by atoms with Gasteiger partial charge in [-0.15, -0.1) is 0 Å². The minimum Gasteiger partial charge on any atom is -0.396 e. The largest absolute Gasteiger partial charge is 0.396 e. The minimum atomic E-state index is 0.139. The molecule has 0 saturated heterocycles. The molecule has 1 aromatic rings. The zero-order valence-corrected chi connectivity index (χ0v) is 11.7. The average molecular weight is 252 g/mol. The number of aromatic nitrogens is 2. The Hall–Kier alpha value is -1.36. The molecule has 0 radical (unpaired) electrons. The van der Waals surface area contributed by atoms with Crippen LogP contribution in [0.2, 0.25) is 0 Å². The average Bonchev–Trinajstić information content (AvgIpc) is 2.35. The van der Waals surface area contributed by atoms with Crippen LogP contribution in [0.15, 0.2) is 6.20 Å².